The average molecular weight is 278 g/mol. The fourth-order valence-electron chi connectivity index (χ4n) is 2.69. The van der Waals surface area contributed by atoms with Crippen LogP contribution in [-0.2, 0) is 0 Å². The first-order valence-electron chi connectivity index (χ1n) is 7.39. The van der Waals surface area contributed by atoms with Crippen LogP contribution < -0.4 is 11.1 Å². The Bertz CT molecular complexity index is 447. The molecule has 4 nitrogen and oxygen atoms in total. The van der Waals surface area contributed by atoms with Gasteiger partial charge in [-0.05, 0) is 57.9 Å². The predicted octanol–water partition coefficient (Wildman–Crippen LogP) is 2.45. The molecule has 1 amide bonds. The Morgan fingerprint density at radius 3 is 1.95 bits per heavy atom. The van der Waals surface area contributed by atoms with E-state index < -0.39 is 0 Å². The summed E-state index contributed by atoms with van der Waals surface area (Å²) in [4.78, 5) is 12.4. The van der Waals surface area contributed by atoms with Gasteiger partial charge in [0.1, 0.15) is 0 Å². The van der Waals surface area contributed by atoms with E-state index in [2.05, 4.69) is 26.1 Å². The van der Waals surface area contributed by atoms with E-state index in [1.54, 1.807) is 0 Å². The Kier molecular flexibility index (Phi) is 5.57. The van der Waals surface area contributed by atoms with E-state index in [0.717, 1.165) is 40.8 Å². The molecule has 0 atom stereocenters. The van der Waals surface area contributed by atoms with Crippen LogP contribution in [0.15, 0.2) is 12.1 Å². The summed E-state index contributed by atoms with van der Waals surface area (Å²) in [5.74, 6) is -0.00199. The summed E-state index contributed by atoms with van der Waals surface area (Å²) in [6.07, 6.45) is 0. The topological polar surface area (TPSA) is 55.1 Å². The minimum atomic E-state index is -0.00199. The first-order valence-corrected chi connectivity index (χ1v) is 7.39. The lowest BCUT2D eigenvalue weighted by Crippen LogP contribution is -2.54. The molecule has 0 fully saturated rings. The van der Waals surface area contributed by atoms with Gasteiger partial charge in [0, 0.05) is 11.3 Å². The highest BCUT2D eigenvalue weighted by atomic mass is 16.1. The zero-order valence-corrected chi connectivity index (χ0v) is 13.4. The molecule has 0 spiro atoms. The number of nitrogens with two attached hydrogens (primary N) is 1. The summed E-state index contributed by atoms with van der Waals surface area (Å²) in [7, 11) is 0. The molecule has 0 heterocycles. The van der Waals surface area contributed by atoms with Crippen molar-refractivity contribution >= 4 is 11.6 Å². The maximum absolute atomic E-state index is 12.4. The van der Waals surface area contributed by atoms with E-state index in [0.29, 0.717) is 12.4 Å². The first-order chi connectivity index (χ1) is 9.39. The number of hydrogen-bond acceptors (Lipinski definition) is 2. The number of rotatable bonds is 6. The maximum atomic E-state index is 12.4. The van der Waals surface area contributed by atoms with Crippen molar-refractivity contribution in [3.8, 4) is 0 Å². The van der Waals surface area contributed by atoms with Crippen LogP contribution in [0.5, 0.6) is 0 Å². The fourth-order valence-corrected chi connectivity index (χ4v) is 2.69. The number of nitrogens with one attached hydrogen (secondary N) is 1. The molecular formula is C16H28N3O+. The number of nitrogen functional groups attached to an aromatic ring is 1. The van der Waals surface area contributed by atoms with Crippen molar-refractivity contribution < 1.29 is 9.28 Å². The van der Waals surface area contributed by atoms with Crippen molar-refractivity contribution in [1.29, 1.82) is 0 Å². The van der Waals surface area contributed by atoms with Crippen LogP contribution in [0.3, 0.4) is 0 Å². The summed E-state index contributed by atoms with van der Waals surface area (Å²) in [5.41, 5.74) is 9.12. The maximum Gasteiger partial charge on any atom is 0.256 e. The number of quaternary nitrogens is 1. The zero-order valence-electron chi connectivity index (χ0n) is 13.4. The normalized spacial score (nSPS) is 11.4. The molecule has 0 saturated heterocycles. The van der Waals surface area contributed by atoms with Gasteiger partial charge in [0.15, 0.2) is 6.67 Å². The second-order valence-corrected chi connectivity index (χ2v) is 5.48. The summed E-state index contributed by atoms with van der Waals surface area (Å²) >= 11 is 0. The highest BCUT2D eigenvalue weighted by Crippen LogP contribution is 2.18. The number of aryl methyl sites for hydroxylation is 2. The predicted molar refractivity (Wildman–Crippen MR) is 84.5 cm³/mol. The lowest BCUT2D eigenvalue weighted by Gasteiger charge is -2.35. The average Bonchev–Trinajstić information content (AvgIpc) is 2.39. The van der Waals surface area contributed by atoms with Crippen molar-refractivity contribution in [2.45, 2.75) is 34.6 Å². The smallest absolute Gasteiger partial charge is 0.256 e. The summed E-state index contributed by atoms with van der Waals surface area (Å²) < 4.78 is 0.902. The van der Waals surface area contributed by atoms with Crippen LogP contribution in [0.1, 0.15) is 42.3 Å². The van der Waals surface area contributed by atoms with E-state index in [1.165, 1.54) is 0 Å². The Hall–Kier alpha value is -1.55. The number of benzene rings is 1. The number of hydrogen-bond donors (Lipinski definition) is 2. The minimum Gasteiger partial charge on any atom is -0.399 e. The molecular weight excluding hydrogens is 250 g/mol. The van der Waals surface area contributed by atoms with Gasteiger partial charge >= 0.3 is 0 Å². The number of carbonyl (C=O) groups excluding carboxylic acids is 1. The van der Waals surface area contributed by atoms with Crippen molar-refractivity contribution in [2.24, 2.45) is 0 Å². The largest absolute Gasteiger partial charge is 0.399 e. The molecule has 112 valence electrons. The molecule has 0 aliphatic heterocycles. The van der Waals surface area contributed by atoms with Gasteiger partial charge in [-0.1, -0.05) is 0 Å². The monoisotopic (exact) mass is 278 g/mol. The lowest BCUT2D eigenvalue weighted by atomic mass is 10.0. The Morgan fingerprint density at radius 1 is 1.10 bits per heavy atom. The molecule has 0 saturated carbocycles. The summed E-state index contributed by atoms with van der Waals surface area (Å²) in [6.45, 7) is 14.1. The fraction of sp³-hybridized carbons (Fsp3) is 0.562. The molecule has 1 rings (SSSR count). The summed E-state index contributed by atoms with van der Waals surface area (Å²) in [6, 6.07) is 3.70. The molecule has 0 aliphatic rings. The highest BCUT2D eigenvalue weighted by Gasteiger charge is 2.22. The van der Waals surface area contributed by atoms with Crippen molar-refractivity contribution in [3.05, 3.63) is 28.8 Å². The van der Waals surface area contributed by atoms with Crippen molar-refractivity contribution in [3.63, 3.8) is 0 Å². The molecule has 4 heteroatoms. The van der Waals surface area contributed by atoms with Gasteiger partial charge in [-0.25, -0.2) is 0 Å². The number of anilines is 1. The molecule has 1 aromatic carbocycles. The van der Waals surface area contributed by atoms with Gasteiger partial charge in [0.25, 0.3) is 5.91 Å². The van der Waals surface area contributed by atoms with E-state index in [-0.39, 0.29) is 5.91 Å². The van der Waals surface area contributed by atoms with Gasteiger partial charge in [-0.2, -0.15) is 0 Å². The number of amides is 1. The Balaban J connectivity index is 2.88. The molecule has 0 bridgehead atoms. The second kappa shape index (κ2) is 6.75. The third-order valence-electron chi connectivity index (χ3n) is 4.37. The Labute approximate surface area is 122 Å². The minimum absolute atomic E-state index is 0.00199. The number of nitrogens with zero attached hydrogens (tertiary/aromatic N) is 1. The van der Waals surface area contributed by atoms with Crippen LogP contribution in [-0.4, -0.2) is 36.7 Å². The van der Waals surface area contributed by atoms with Gasteiger partial charge in [-0.3, -0.25) is 4.79 Å². The number of carbonyl (C=O) groups is 1. The van der Waals surface area contributed by atoms with Gasteiger partial charge in [0.2, 0.25) is 0 Å². The van der Waals surface area contributed by atoms with Crippen LogP contribution in [0.25, 0.3) is 0 Å². The highest BCUT2D eigenvalue weighted by molar-refractivity contribution is 5.97. The lowest BCUT2D eigenvalue weighted by molar-refractivity contribution is -0.924. The van der Waals surface area contributed by atoms with Gasteiger partial charge in [-0.15, -0.1) is 0 Å². The third kappa shape index (κ3) is 3.51. The van der Waals surface area contributed by atoms with Crippen LogP contribution >= 0.6 is 0 Å². The standard InChI is InChI=1S/C16H27N3O/c1-6-19(7-2,8-3)11-18-16(20)15-12(4)9-14(17)10-13(15)5/h9-10H,6-8,11H2,1-5H3,(H2-,17,18,20)/p+1. The molecule has 0 radical (unpaired) electrons. The van der Waals surface area contributed by atoms with Crippen LogP contribution in [0, 0.1) is 13.8 Å². The molecule has 1 aromatic rings. The molecule has 3 N–H and O–H groups in total. The molecule has 0 unspecified atom stereocenters. The first kappa shape index (κ1) is 16.5. The van der Waals surface area contributed by atoms with Crippen LogP contribution in [0.2, 0.25) is 0 Å². The van der Waals surface area contributed by atoms with Crippen molar-refractivity contribution in [1.82, 2.24) is 5.32 Å². The molecule has 0 aromatic heterocycles. The second-order valence-electron chi connectivity index (χ2n) is 5.48. The van der Waals surface area contributed by atoms with E-state index >= 15 is 0 Å². The van der Waals surface area contributed by atoms with E-state index in [1.807, 2.05) is 26.0 Å². The quantitative estimate of drug-likeness (QED) is 0.477. The van der Waals surface area contributed by atoms with E-state index in [9.17, 15) is 4.79 Å². The Morgan fingerprint density at radius 2 is 1.55 bits per heavy atom. The molecule has 20 heavy (non-hydrogen) atoms. The van der Waals surface area contributed by atoms with Crippen LogP contribution in [0.4, 0.5) is 5.69 Å². The van der Waals surface area contributed by atoms with E-state index in [4.69, 9.17) is 5.73 Å². The zero-order chi connectivity index (χ0) is 15.3. The van der Waals surface area contributed by atoms with Gasteiger partial charge in [0.05, 0.1) is 19.6 Å². The summed E-state index contributed by atoms with van der Waals surface area (Å²) in [5, 5.41) is 3.09. The van der Waals surface area contributed by atoms with Gasteiger partial charge < -0.3 is 15.5 Å². The third-order valence-corrected chi connectivity index (χ3v) is 4.37. The SMILES string of the molecule is CC[N+](CC)(CC)CNC(=O)c1c(C)cc(N)cc1C. The molecule has 0 aliphatic carbocycles. The van der Waals surface area contributed by atoms with Crippen molar-refractivity contribution in [2.75, 3.05) is 32.0 Å².